The topological polar surface area (TPSA) is 49.4 Å². The predicted molar refractivity (Wildman–Crippen MR) is 87.4 cm³/mol. The number of unbranched alkanes of at least 4 members (excludes halogenated alkanes) is 1. The molecule has 1 atom stereocenters. The summed E-state index contributed by atoms with van der Waals surface area (Å²) in [5, 5.41) is 2.96. The molecule has 0 spiro atoms. The summed E-state index contributed by atoms with van der Waals surface area (Å²) in [5.41, 5.74) is 1.26. The van der Waals surface area contributed by atoms with E-state index in [9.17, 15) is 9.59 Å². The normalized spacial score (nSPS) is 17.8. The van der Waals surface area contributed by atoms with Crippen LogP contribution in [0.15, 0.2) is 30.3 Å². The molecule has 0 bridgehead atoms. The van der Waals surface area contributed by atoms with Gasteiger partial charge in [0.05, 0.1) is 0 Å². The average molecular weight is 302 g/mol. The van der Waals surface area contributed by atoms with Crippen LogP contribution in [0.4, 0.5) is 0 Å². The first-order valence-corrected chi connectivity index (χ1v) is 8.27. The number of hydrogen-bond acceptors (Lipinski definition) is 2. The van der Waals surface area contributed by atoms with Crippen LogP contribution in [0, 0.1) is 5.92 Å². The van der Waals surface area contributed by atoms with Crippen molar-refractivity contribution < 1.29 is 9.59 Å². The second-order valence-corrected chi connectivity index (χ2v) is 6.05. The minimum Gasteiger partial charge on any atom is -0.356 e. The van der Waals surface area contributed by atoms with Gasteiger partial charge in [0.15, 0.2) is 0 Å². The first-order chi connectivity index (χ1) is 10.7. The molecule has 4 heteroatoms. The molecule has 1 saturated heterocycles. The molecule has 1 aliphatic rings. The van der Waals surface area contributed by atoms with Crippen molar-refractivity contribution in [1.29, 1.82) is 0 Å². The maximum atomic E-state index is 12.0. The van der Waals surface area contributed by atoms with E-state index in [0.29, 0.717) is 19.4 Å². The number of likely N-dealkylation sites (tertiary alicyclic amines) is 1. The Hall–Kier alpha value is -1.84. The van der Waals surface area contributed by atoms with Crippen molar-refractivity contribution in [1.82, 2.24) is 10.2 Å². The van der Waals surface area contributed by atoms with Crippen molar-refractivity contribution in [2.45, 2.75) is 39.0 Å². The van der Waals surface area contributed by atoms with Gasteiger partial charge in [-0.15, -0.1) is 0 Å². The van der Waals surface area contributed by atoms with Crippen molar-refractivity contribution in [2.75, 3.05) is 19.6 Å². The highest BCUT2D eigenvalue weighted by atomic mass is 16.2. The van der Waals surface area contributed by atoms with Crippen LogP contribution in [0.1, 0.15) is 38.2 Å². The molecule has 22 heavy (non-hydrogen) atoms. The highest BCUT2D eigenvalue weighted by molar-refractivity contribution is 5.79. The van der Waals surface area contributed by atoms with Gasteiger partial charge < -0.3 is 10.2 Å². The zero-order valence-electron chi connectivity index (χ0n) is 13.4. The van der Waals surface area contributed by atoms with Crippen molar-refractivity contribution in [3.8, 4) is 0 Å². The molecule has 0 aliphatic carbocycles. The molecule has 4 nitrogen and oxygen atoms in total. The Bertz CT molecular complexity index is 487. The largest absolute Gasteiger partial charge is 0.356 e. The highest BCUT2D eigenvalue weighted by Gasteiger charge is 2.29. The lowest BCUT2D eigenvalue weighted by atomic mass is 10.1. The number of nitrogens with zero attached hydrogens (tertiary/aromatic N) is 1. The number of carbonyl (C=O) groups is 2. The average Bonchev–Trinajstić information content (AvgIpc) is 2.90. The van der Waals surface area contributed by atoms with Crippen molar-refractivity contribution >= 4 is 11.8 Å². The lowest BCUT2D eigenvalue weighted by Gasteiger charge is -2.17. The van der Waals surface area contributed by atoms with Gasteiger partial charge in [-0.3, -0.25) is 9.59 Å². The van der Waals surface area contributed by atoms with E-state index in [-0.39, 0.29) is 17.7 Å². The van der Waals surface area contributed by atoms with Gasteiger partial charge in [-0.25, -0.2) is 0 Å². The number of carbonyl (C=O) groups excluding carboxylic acids is 2. The second-order valence-electron chi connectivity index (χ2n) is 6.05. The molecular weight excluding hydrogens is 276 g/mol. The number of amides is 2. The zero-order valence-corrected chi connectivity index (χ0v) is 13.4. The third-order valence-electron chi connectivity index (χ3n) is 4.15. The first-order valence-electron chi connectivity index (χ1n) is 8.27. The van der Waals surface area contributed by atoms with Crippen LogP contribution in [-0.2, 0) is 16.0 Å². The number of hydrogen-bond donors (Lipinski definition) is 1. The van der Waals surface area contributed by atoms with Gasteiger partial charge in [-0.05, 0) is 18.4 Å². The van der Waals surface area contributed by atoms with E-state index in [1.165, 1.54) is 5.56 Å². The molecule has 1 aromatic rings. The zero-order chi connectivity index (χ0) is 15.8. The number of rotatable bonds is 8. The lowest BCUT2D eigenvalue weighted by molar-refractivity contribution is -0.127. The van der Waals surface area contributed by atoms with Gasteiger partial charge in [-0.1, -0.05) is 43.7 Å². The minimum atomic E-state index is 0.108. The third-order valence-corrected chi connectivity index (χ3v) is 4.15. The first kappa shape index (κ1) is 16.5. The fraction of sp³-hybridized carbons (Fsp3) is 0.556. The summed E-state index contributed by atoms with van der Waals surface area (Å²) in [7, 11) is 0. The van der Waals surface area contributed by atoms with Crippen molar-refractivity contribution in [3.63, 3.8) is 0 Å². The molecule has 1 aliphatic heterocycles. The summed E-state index contributed by atoms with van der Waals surface area (Å²) in [4.78, 5) is 25.6. The third kappa shape index (κ3) is 5.17. The fourth-order valence-corrected chi connectivity index (χ4v) is 2.80. The van der Waals surface area contributed by atoms with Gasteiger partial charge in [0.1, 0.15) is 0 Å². The van der Waals surface area contributed by atoms with Gasteiger partial charge in [0.25, 0.3) is 0 Å². The van der Waals surface area contributed by atoms with Crippen LogP contribution >= 0.6 is 0 Å². The maximum absolute atomic E-state index is 12.0. The summed E-state index contributed by atoms with van der Waals surface area (Å²) in [6.45, 7) is 4.23. The summed E-state index contributed by atoms with van der Waals surface area (Å²) in [6, 6.07) is 10.2. The van der Waals surface area contributed by atoms with Gasteiger partial charge in [0, 0.05) is 38.4 Å². The van der Waals surface area contributed by atoms with E-state index in [4.69, 9.17) is 0 Å². The van der Waals surface area contributed by atoms with E-state index in [2.05, 4.69) is 24.4 Å². The molecular formula is C18H26N2O2. The monoisotopic (exact) mass is 302 g/mol. The maximum Gasteiger partial charge on any atom is 0.223 e. The van der Waals surface area contributed by atoms with Gasteiger partial charge >= 0.3 is 0 Å². The number of benzene rings is 1. The van der Waals surface area contributed by atoms with Crippen LogP contribution < -0.4 is 5.32 Å². The standard InChI is InChI=1S/C18H26N2O2/c1-2-3-9-17(21)19-13-16-12-18(22)20(14-16)11-10-15-7-5-4-6-8-15/h4-8,16H,2-3,9-14H2,1H3,(H,19,21). The van der Waals surface area contributed by atoms with Crippen LogP contribution in [0.5, 0.6) is 0 Å². The molecule has 120 valence electrons. The molecule has 2 rings (SSSR count). The van der Waals surface area contributed by atoms with Gasteiger partial charge in [-0.2, -0.15) is 0 Å². The summed E-state index contributed by atoms with van der Waals surface area (Å²) in [5.74, 6) is 0.578. The van der Waals surface area contributed by atoms with Crippen LogP contribution in [0.25, 0.3) is 0 Å². The van der Waals surface area contributed by atoms with Crippen LogP contribution in [-0.4, -0.2) is 36.3 Å². The van der Waals surface area contributed by atoms with E-state index in [0.717, 1.165) is 32.4 Å². The quantitative estimate of drug-likeness (QED) is 0.801. The van der Waals surface area contributed by atoms with E-state index in [1.54, 1.807) is 0 Å². The molecule has 1 fully saturated rings. The van der Waals surface area contributed by atoms with Gasteiger partial charge in [0.2, 0.25) is 11.8 Å². The Kier molecular flexibility index (Phi) is 6.44. The van der Waals surface area contributed by atoms with Crippen molar-refractivity contribution in [3.05, 3.63) is 35.9 Å². The Balaban J connectivity index is 1.70. The Morgan fingerprint density at radius 2 is 2.09 bits per heavy atom. The Morgan fingerprint density at radius 3 is 2.82 bits per heavy atom. The predicted octanol–water partition coefficient (Wildman–Crippen LogP) is 2.38. The second kappa shape index (κ2) is 8.57. The number of nitrogens with one attached hydrogen (secondary N) is 1. The molecule has 1 aromatic carbocycles. The Labute approximate surface area is 132 Å². The molecule has 0 saturated carbocycles. The SMILES string of the molecule is CCCCC(=O)NCC1CC(=O)N(CCc2ccccc2)C1. The van der Waals surface area contributed by atoms with E-state index in [1.807, 2.05) is 23.1 Å². The fourth-order valence-electron chi connectivity index (χ4n) is 2.80. The van der Waals surface area contributed by atoms with E-state index < -0.39 is 0 Å². The van der Waals surface area contributed by atoms with Crippen LogP contribution in [0.2, 0.25) is 0 Å². The molecule has 0 radical (unpaired) electrons. The molecule has 1 unspecified atom stereocenters. The van der Waals surface area contributed by atoms with Crippen LogP contribution in [0.3, 0.4) is 0 Å². The highest BCUT2D eigenvalue weighted by Crippen LogP contribution is 2.17. The summed E-state index contributed by atoms with van der Waals surface area (Å²) >= 11 is 0. The lowest BCUT2D eigenvalue weighted by Crippen LogP contribution is -2.31. The molecule has 1 heterocycles. The van der Waals surface area contributed by atoms with E-state index >= 15 is 0 Å². The molecule has 2 amide bonds. The smallest absolute Gasteiger partial charge is 0.223 e. The minimum absolute atomic E-state index is 0.108. The summed E-state index contributed by atoms with van der Waals surface area (Å²) < 4.78 is 0. The van der Waals surface area contributed by atoms with Crippen molar-refractivity contribution in [2.24, 2.45) is 5.92 Å². The molecule has 1 N–H and O–H groups in total. The Morgan fingerprint density at radius 1 is 1.32 bits per heavy atom. The molecule has 0 aromatic heterocycles. The summed E-state index contributed by atoms with van der Waals surface area (Å²) in [6.07, 6.45) is 4.00.